The highest BCUT2D eigenvalue weighted by molar-refractivity contribution is 7.11. The highest BCUT2D eigenvalue weighted by Gasteiger charge is 2.08. The van der Waals surface area contributed by atoms with Gasteiger partial charge in [0.2, 0.25) is 0 Å². The van der Waals surface area contributed by atoms with Crippen LogP contribution in [0.5, 0.6) is 0 Å². The second-order valence-electron chi connectivity index (χ2n) is 2.46. The predicted molar refractivity (Wildman–Crippen MR) is 56.3 cm³/mol. The third-order valence-corrected chi connectivity index (χ3v) is 3.05. The molecule has 0 aromatic carbocycles. The normalized spacial score (nSPS) is 12.1. The molecule has 1 aromatic rings. The summed E-state index contributed by atoms with van der Waals surface area (Å²) in [5, 5.41) is 11.2. The number of halogens is 1. The van der Waals surface area contributed by atoms with E-state index in [1.807, 2.05) is 12.3 Å². The van der Waals surface area contributed by atoms with Gasteiger partial charge in [-0.2, -0.15) is 5.26 Å². The van der Waals surface area contributed by atoms with Crippen LogP contribution in [0.3, 0.4) is 0 Å². The Balaban J connectivity index is 3.17. The molecule has 0 radical (unpaired) electrons. The summed E-state index contributed by atoms with van der Waals surface area (Å²) in [7, 11) is 0. The lowest BCUT2D eigenvalue weighted by atomic mass is 10.1. The summed E-state index contributed by atoms with van der Waals surface area (Å²) in [4.78, 5) is 0.792. The van der Waals surface area contributed by atoms with E-state index < -0.39 is 0 Å². The molecule has 0 spiro atoms. The van der Waals surface area contributed by atoms with E-state index in [1.54, 1.807) is 6.07 Å². The average molecular weight is 213 g/mol. The monoisotopic (exact) mass is 212 g/mol. The number of nitriles is 1. The van der Waals surface area contributed by atoms with Crippen LogP contribution in [-0.4, -0.2) is 0 Å². The number of nitrogens with two attached hydrogens (primary N) is 1. The lowest BCUT2D eigenvalue weighted by Gasteiger charge is -2.00. The van der Waals surface area contributed by atoms with Crippen LogP contribution >= 0.6 is 22.9 Å². The molecule has 0 unspecified atom stereocenters. The van der Waals surface area contributed by atoms with Crippen molar-refractivity contribution in [3.05, 3.63) is 26.9 Å². The van der Waals surface area contributed by atoms with Crippen molar-refractivity contribution < 1.29 is 0 Å². The van der Waals surface area contributed by atoms with E-state index in [1.165, 1.54) is 11.3 Å². The topological polar surface area (TPSA) is 49.8 Å². The first-order chi connectivity index (χ1) is 6.20. The Morgan fingerprint density at radius 2 is 2.46 bits per heavy atom. The zero-order chi connectivity index (χ0) is 9.84. The van der Waals surface area contributed by atoms with Gasteiger partial charge in [0.05, 0.1) is 27.2 Å². The maximum absolute atomic E-state index is 8.76. The lowest BCUT2D eigenvalue weighted by Crippen LogP contribution is -1.98. The molecule has 68 valence electrons. The summed E-state index contributed by atoms with van der Waals surface area (Å²) in [6, 6.07) is 3.85. The minimum absolute atomic E-state index is 0.505. The van der Waals surface area contributed by atoms with Gasteiger partial charge < -0.3 is 5.73 Å². The molecule has 2 N–H and O–H groups in total. The summed E-state index contributed by atoms with van der Waals surface area (Å²) in [5.74, 6) is 0. The number of hydrogen-bond donors (Lipinski definition) is 1. The molecule has 0 aliphatic rings. The van der Waals surface area contributed by atoms with Crippen LogP contribution in [0.2, 0.25) is 5.02 Å². The van der Waals surface area contributed by atoms with Crippen molar-refractivity contribution in [1.82, 2.24) is 0 Å². The van der Waals surface area contributed by atoms with Gasteiger partial charge in [-0.1, -0.05) is 18.5 Å². The van der Waals surface area contributed by atoms with Crippen molar-refractivity contribution in [3.8, 4) is 6.07 Å². The van der Waals surface area contributed by atoms with Crippen molar-refractivity contribution in [3.63, 3.8) is 0 Å². The number of rotatable bonds is 2. The molecule has 0 saturated heterocycles. The van der Waals surface area contributed by atoms with Crippen molar-refractivity contribution in [2.75, 3.05) is 0 Å². The summed E-state index contributed by atoms with van der Waals surface area (Å²) >= 11 is 7.33. The van der Waals surface area contributed by atoms with Gasteiger partial charge in [-0.25, -0.2) is 0 Å². The van der Waals surface area contributed by atoms with Crippen LogP contribution < -0.4 is 5.73 Å². The molecule has 1 rings (SSSR count). The van der Waals surface area contributed by atoms with Gasteiger partial charge in [-0.3, -0.25) is 0 Å². The molecular weight excluding hydrogens is 204 g/mol. The molecule has 1 heterocycles. The van der Waals surface area contributed by atoms with E-state index in [0.29, 0.717) is 22.7 Å². The minimum atomic E-state index is 0.505. The van der Waals surface area contributed by atoms with Gasteiger partial charge in [0.1, 0.15) is 0 Å². The molecule has 4 heteroatoms. The van der Waals surface area contributed by atoms with E-state index in [0.717, 1.165) is 4.88 Å². The number of hydrogen-bond acceptors (Lipinski definition) is 3. The van der Waals surface area contributed by atoms with E-state index in [2.05, 4.69) is 6.07 Å². The zero-order valence-electron chi connectivity index (χ0n) is 7.17. The van der Waals surface area contributed by atoms with Crippen molar-refractivity contribution >= 4 is 28.6 Å². The smallest absolute Gasteiger partial charge is 0.0969 e. The van der Waals surface area contributed by atoms with Crippen LogP contribution in [0.15, 0.2) is 17.0 Å². The standard InChI is InChI=1S/C9H9ClN2S/c1-2-6(5-11)8(12)9-7(10)3-4-13-9/h3-4H,2,12H2,1H3/b8-6-. The second-order valence-corrected chi connectivity index (χ2v) is 3.78. The third-order valence-electron chi connectivity index (χ3n) is 1.68. The Hall–Kier alpha value is -0.980. The first-order valence-corrected chi connectivity index (χ1v) is 5.08. The molecular formula is C9H9ClN2S. The first kappa shape index (κ1) is 10.1. The van der Waals surface area contributed by atoms with Crippen molar-refractivity contribution in [2.24, 2.45) is 5.73 Å². The quantitative estimate of drug-likeness (QED) is 0.767. The third kappa shape index (κ3) is 2.03. The molecule has 13 heavy (non-hydrogen) atoms. The van der Waals surface area contributed by atoms with Gasteiger partial charge in [0, 0.05) is 0 Å². The van der Waals surface area contributed by atoms with Crippen molar-refractivity contribution in [1.29, 1.82) is 5.26 Å². The molecule has 0 bridgehead atoms. The molecule has 0 amide bonds. The summed E-state index contributed by atoms with van der Waals surface area (Å²) in [6.07, 6.45) is 0.635. The molecule has 1 aromatic heterocycles. The first-order valence-electron chi connectivity index (χ1n) is 3.82. The van der Waals surface area contributed by atoms with Crippen LogP contribution in [0.25, 0.3) is 5.70 Å². The predicted octanol–water partition coefficient (Wildman–Crippen LogP) is 3.00. The Kier molecular flexibility index (Phi) is 3.35. The van der Waals surface area contributed by atoms with Gasteiger partial charge in [-0.15, -0.1) is 11.3 Å². The Morgan fingerprint density at radius 1 is 1.77 bits per heavy atom. The Morgan fingerprint density at radius 3 is 2.85 bits per heavy atom. The van der Waals surface area contributed by atoms with E-state index in [9.17, 15) is 0 Å². The number of thiophene rings is 1. The van der Waals surface area contributed by atoms with Gasteiger partial charge in [-0.05, 0) is 17.9 Å². The molecule has 0 fully saturated rings. The van der Waals surface area contributed by atoms with E-state index >= 15 is 0 Å². The summed E-state index contributed by atoms with van der Waals surface area (Å²) in [6.45, 7) is 1.90. The van der Waals surface area contributed by atoms with Crippen LogP contribution in [0, 0.1) is 11.3 Å². The van der Waals surface area contributed by atoms with Gasteiger partial charge in [0.15, 0.2) is 0 Å². The highest BCUT2D eigenvalue weighted by Crippen LogP contribution is 2.28. The largest absolute Gasteiger partial charge is 0.397 e. The fourth-order valence-corrected chi connectivity index (χ4v) is 2.10. The van der Waals surface area contributed by atoms with E-state index in [4.69, 9.17) is 22.6 Å². The average Bonchev–Trinajstić information content (AvgIpc) is 2.53. The maximum Gasteiger partial charge on any atom is 0.0969 e. The Bertz CT molecular complexity index is 373. The fraction of sp³-hybridized carbons (Fsp3) is 0.222. The molecule has 0 saturated carbocycles. The van der Waals surface area contributed by atoms with Crippen LogP contribution in [0.4, 0.5) is 0 Å². The maximum atomic E-state index is 8.76. The van der Waals surface area contributed by atoms with Crippen molar-refractivity contribution in [2.45, 2.75) is 13.3 Å². The van der Waals surface area contributed by atoms with Gasteiger partial charge in [0.25, 0.3) is 0 Å². The minimum Gasteiger partial charge on any atom is -0.397 e. The fourth-order valence-electron chi connectivity index (χ4n) is 0.953. The van der Waals surface area contributed by atoms with E-state index in [-0.39, 0.29) is 0 Å². The molecule has 2 nitrogen and oxygen atoms in total. The summed E-state index contributed by atoms with van der Waals surface area (Å²) < 4.78 is 0. The number of nitrogens with zero attached hydrogens (tertiary/aromatic N) is 1. The van der Waals surface area contributed by atoms with Crippen LogP contribution in [0.1, 0.15) is 18.2 Å². The Labute approximate surface area is 86.2 Å². The second kappa shape index (κ2) is 4.31. The molecule has 0 aliphatic carbocycles. The SMILES string of the molecule is CC/C(C#N)=C(/N)c1sccc1Cl. The zero-order valence-corrected chi connectivity index (χ0v) is 8.75. The van der Waals surface area contributed by atoms with Gasteiger partial charge >= 0.3 is 0 Å². The van der Waals surface area contributed by atoms with Crippen LogP contribution in [-0.2, 0) is 0 Å². The molecule has 0 aliphatic heterocycles. The lowest BCUT2D eigenvalue weighted by molar-refractivity contribution is 1.15. The number of allylic oxidation sites excluding steroid dienone is 1. The summed E-state index contributed by atoms with van der Waals surface area (Å²) in [5.41, 5.74) is 6.88. The highest BCUT2D eigenvalue weighted by atomic mass is 35.5. The molecule has 0 atom stereocenters.